The molecule has 1 unspecified atom stereocenters. The van der Waals surface area contributed by atoms with Crippen LogP contribution >= 0.6 is 27.7 Å². The smallest absolute Gasteiger partial charge is 0.277 e. The lowest BCUT2D eigenvalue weighted by Gasteiger charge is -2.22. The van der Waals surface area contributed by atoms with Crippen molar-refractivity contribution in [2.45, 2.75) is 5.37 Å². The van der Waals surface area contributed by atoms with E-state index in [1.54, 1.807) is 30.5 Å². The van der Waals surface area contributed by atoms with Crippen molar-refractivity contribution in [3.63, 3.8) is 0 Å². The monoisotopic (exact) mass is 489 g/mol. The first-order chi connectivity index (χ1) is 14.5. The topological polar surface area (TPSA) is 54.8 Å². The second-order valence-electron chi connectivity index (χ2n) is 6.31. The van der Waals surface area contributed by atoms with Crippen LogP contribution < -0.4 is 4.74 Å². The molecule has 0 radical (unpaired) electrons. The second kappa shape index (κ2) is 8.53. The maximum atomic E-state index is 13.7. The van der Waals surface area contributed by atoms with Gasteiger partial charge >= 0.3 is 0 Å². The summed E-state index contributed by atoms with van der Waals surface area (Å²) in [5.74, 6) is -0.905. The SMILES string of the molecule is COc1cc(F)ccc1C1SC(c2ccc(F)cc2)=NN1C(=O)c1cncc(Br)c1. The molecule has 4 rings (SSSR count). The number of ether oxygens (including phenoxy) is 1. The van der Waals surface area contributed by atoms with Crippen molar-refractivity contribution >= 4 is 38.6 Å². The molecule has 3 aromatic rings. The largest absolute Gasteiger partial charge is 0.496 e. The average molecular weight is 490 g/mol. The number of halogens is 3. The Morgan fingerprint density at radius 3 is 2.53 bits per heavy atom. The molecule has 0 saturated carbocycles. The number of thioether (sulfide) groups is 1. The molecule has 2 aromatic carbocycles. The highest BCUT2D eigenvalue weighted by atomic mass is 79.9. The Morgan fingerprint density at radius 2 is 1.83 bits per heavy atom. The number of hydrazone groups is 1. The summed E-state index contributed by atoms with van der Waals surface area (Å²) in [4.78, 5) is 17.3. The van der Waals surface area contributed by atoms with E-state index in [2.05, 4.69) is 26.0 Å². The van der Waals surface area contributed by atoms with Gasteiger partial charge in [0, 0.05) is 34.1 Å². The van der Waals surface area contributed by atoms with E-state index in [0.717, 1.165) is 0 Å². The molecule has 0 aliphatic carbocycles. The summed E-state index contributed by atoms with van der Waals surface area (Å²) < 4.78 is 33.1. The van der Waals surface area contributed by atoms with E-state index in [9.17, 15) is 13.6 Å². The molecule has 0 N–H and O–H groups in total. The summed E-state index contributed by atoms with van der Waals surface area (Å²) in [6.07, 6.45) is 3.02. The number of methoxy groups -OCH3 is 1. The number of carbonyl (C=O) groups excluding carboxylic acids is 1. The van der Waals surface area contributed by atoms with E-state index in [-0.39, 0.29) is 11.7 Å². The fraction of sp³-hybridized carbons (Fsp3) is 0.0952. The highest BCUT2D eigenvalue weighted by molar-refractivity contribution is 9.10. The fourth-order valence-corrected chi connectivity index (χ4v) is 4.49. The number of hydrogen-bond acceptors (Lipinski definition) is 5. The van der Waals surface area contributed by atoms with E-state index >= 15 is 0 Å². The fourth-order valence-electron chi connectivity index (χ4n) is 2.94. The zero-order chi connectivity index (χ0) is 21.3. The molecule has 1 aliphatic heterocycles. The first-order valence-corrected chi connectivity index (χ1v) is 10.4. The van der Waals surface area contributed by atoms with Crippen LogP contribution in [0.1, 0.15) is 26.9 Å². The third kappa shape index (κ3) is 4.08. The van der Waals surface area contributed by atoms with E-state index in [1.807, 2.05) is 0 Å². The van der Waals surface area contributed by atoms with Gasteiger partial charge in [-0.3, -0.25) is 9.78 Å². The van der Waals surface area contributed by atoms with Crippen LogP contribution in [0.2, 0.25) is 0 Å². The van der Waals surface area contributed by atoms with E-state index < -0.39 is 11.2 Å². The summed E-state index contributed by atoms with van der Waals surface area (Å²) in [5, 5.41) is 5.73. The minimum Gasteiger partial charge on any atom is -0.496 e. The van der Waals surface area contributed by atoms with Gasteiger partial charge in [-0.15, -0.1) is 0 Å². The zero-order valence-electron chi connectivity index (χ0n) is 15.6. The molecule has 5 nitrogen and oxygen atoms in total. The molecular formula is C21H14BrF2N3O2S. The van der Waals surface area contributed by atoms with Crippen LogP contribution in [0.3, 0.4) is 0 Å². The van der Waals surface area contributed by atoms with Crippen molar-refractivity contribution < 1.29 is 18.3 Å². The predicted octanol–water partition coefficient (Wildman–Crippen LogP) is 5.38. The molecule has 0 spiro atoms. The van der Waals surface area contributed by atoms with Crippen molar-refractivity contribution in [2.75, 3.05) is 7.11 Å². The van der Waals surface area contributed by atoms with E-state index in [0.29, 0.717) is 32.0 Å². The van der Waals surface area contributed by atoms with Crippen LogP contribution in [0.15, 0.2) is 70.5 Å². The number of aromatic nitrogens is 1. The Kier molecular flexibility index (Phi) is 5.83. The molecule has 30 heavy (non-hydrogen) atoms. The van der Waals surface area contributed by atoms with Crippen LogP contribution in [-0.2, 0) is 0 Å². The standard InChI is InChI=1S/C21H14BrF2N3O2S/c1-29-18-9-16(24)6-7-17(18)21-27(20(28)13-8-14(22)11-25-10-13)26-19(30-21)12-2-4-15(23)5-3-12/h2-11,21H,1H3. The minimum absolute atomic E-state index is 0.299. The minimum atomic E-state index is -0.605. The van der Waals surface area contributed by atoms with Gasteiger partial charge in [-0.2, -0.15) is 5.10 Å². The van der Waals surface area contributed by atoms with Gasteiger partial charge in [0.1, 0.15) is 27.8 Å². The van der Waals surface area contributed by atoms with Crippen molar-refractivity contribution in [2.24, 2.45) is 5.10 Å². The Bertz CT molecular complexity index is 1140. The summed E-state index contributed by atoms with van der Waals surface area (Å²) in [7, 11) is 1.43. The third-order valence-corrected chi connectivity index (χ3v) is 6.01. The molecule has 9 heteroatoms. The molecule has 152 valence electrons. The first kappa shape index (κ1) is 20.5. The number of rotatable bonds is 4. The summed E-state index contributed by atoms with van der Waals surface area (Å²) in [5.41, 5.74) is 1.58. The molecule has 1 aromatic heterocycles. The first-order valence-electron chi connectivity index (χ1n) is 8.75. The second-order valence-corrected chi connectivity index (χ2v) is 8.29. The lowest BCUT2D eigenvalue weighted by Crippen LogP contribution is -2.26. The number of nitrogens with zero attached hydrogens (tertiary/aromatic N) is 3. The summed E-state index contributed by atoms with van der Waals surface area (Å²) >= 11 is 4.61. The quantitative estimate of drug-likeness (QED) is 0.493. The lowest BCUT2D eigenvalue weighted by molar-refractivity contribution is 0.0747. The number of pyridine rings is 1. The van der Waals surface area contributed by atoms with Crippen molar-refractivity contribution in [1.82, 2.24) is 9.99 Å². The number of amides is 1. The molecule has 1 atom stereocenters. The molecular weight excluding hydrogens is 476 g/mol. The molecule has 0 bridgehead atoms. The Hall–Kier alpha value is -2.78. The molecule has 1 amide bonds. The Balaban J connectivity index is 1.78. The van der Waals surface area contributed by atoms with Crippen LogP contribution in [0.4, 0.5) is 8.78 Å². The lowest BCUT2D eigenvalue weighted by atomic mass is 10.1. The Labute approximate surface area is 183 Å². The van der Waals surface area contributed by atoms with Gasteiger partial charge in [0.25, 0.3) is 5.91 Å². The van der Waals surface area contributed by atoms with Crippen LogP contribution in [0.5, 0.6) is 5.75 Å². The average Bonchev–Trinajstić information content (AvgIpc) is 3.18. The van der Waals surface area contributed by atoms with Gasteiger partial charge < -0.3 is 4.74 Å². The number of carbonyl (C=O) groups is 1. The van der Waals surface area contributed by atoms with E-state index in [1.165, 1.54) is 54.3 Å². The zero-order valence-corrected chi connectivity index (χ0v) is 18.0. The maximum absolute atomic E-state index is 13.7. The highest BCUT2D eigenvalue weighted by Crippen LogP contribution is 2.45. The Morgan fingerprint density at radius 1 is 1.10 bits per heavy atom. The van der Waals surface area contributed by atoms with Gasteiger partial charge in [-0.25, -0.2) is 13.8 Å². The van der Waals surface area contributed by atoms with Gasteiger partial charge in [0.2, 0.25) is 0 Å². The van der Waals surface area contributed by atoms with E-state index in [4.69, 9.17) is 4.74 Å². The van der Waals surface area contributed by atoms with Crippen LogP contribution in [-0.4, -0.2) is 28.1 Å². The number of hydrogen-bond donors (Lipinski definition) is 0. The molecule has 0 fully saturated rings. The van der Waals surface area contributed by atoms with Gasteiger partial charge in [0.05, 0.1) is 12.7 Å². The van der Waals surface area contributed by atoms with Gasteiger partial charge in [-0.05, 0) is 58.4 Å². The summed E-state index contributed by atoms with van der Waals surface area (Å²) in [6.45, 7) is 0. The predicted molar refractivity (Wildman–Crippen MR) is 114 cm³/mol. The van der Waals surface area contributed by atoms with Gasteiger partial charge in [0.15, 0.2) is 0 Å². The normalized spacial score (nSPS) is 15.8. The third-order valence-electron chi connectivity index (χ3n) is 4.36. The molecule has 1 aliphatic rings. The van der Waals surface area contributed by atoms with Crippen LogP contribution in [0.25, 0.3) is 0 Å². The highest BCUT2D eigenvalue weighted by Gasteiger charge is 2.36. The van der Waals surface area contributed by atoms with Gasteiger partial charge in [-0.1, -0.05) is 11.8 Å². The van der Waals surface area contributed by atoms with Crippen LogP contribution in [0, 0.1) is 11.6 Å². The summed E-state index contributed by atoms with van der Waals surface area (Å²) in [6, 6.07) is 11.6. The molecule has 2 heterocycles. The van der Waals surface area contributed by atoms with Crippen molar-refractivity contribution in [3.8, 4) is 5.75 Å². The van der Waals surface area contributed by atoms with Crippen molar-refractivity contribution in [3.05, 3.63) is 93.7 Å². The molecule has 0 saturated heterocycles. The maximum Gasteiger partial charge on any atom is 0.277 e. The van der Waals surface area contributed by atoms with Crippen molar-refractivity contribution in [1.29, 1.82) is 0 Å². The number of benzene rings is 2.